The Balaban J connectivity index is 1.84. The summed E-state index contributed by atoms with van der Waals surface area (Å²) in [5.41, 5.74) is 0. The van der Waals surface area contributed by atoms with Crippen LogP contribution in [0.4, 0.5) is 5.82 Å². The Labute approximate surface area is 136 Å². The fourth-order valence-electron chi connectivity index (χ4n) is 3.40. The lowest BCUT2D eigenvalue weighted by atomic mass is 10.1. The van der Waals surface area contributed by atoms with Gasteiger partial charge in [-0.15, -0.1) is 0 Å². The van der Waals surface area contributed by atoms with Gasteiger partial charge in [0.15, 0.2) is 15.7 Å². The molecular weight excluding hydrogens is 316 g/mol. The van der Waals surface area contributed by atoms with E-state index in [1.54, 1.807) is 11.8 Å². The highest BCUT2D eigenvalue weighted by atomic mass is 32.2. The average Bonchev–Trinajstić information content (AvgIpc) is 2.99. The van der Waals surface area contributed by atoms with Crippen molar-refractivity contribution >= 4 is 21.6 Å². The molecule has 0 bridgehead atoms. The first kappa shape index (κ1) is 16.2. The van der Waals surface area contributed by atoms with Crippen molar-refractivity contribution < 1.29 is 13.2 Å². The van der Waals surface area contributed by atoms with Crippen LogP contribution < -0.4 is 4.90 Å². The highest BCUT2D eigenvalue weighted by Crippen LogP contribution is 2.28. The second kappa shape index (κ2) is 6.07. The van der Waals surface area contributed by atoms with Gasteiger partial charge in [-0.2, -0.15) is 0 Å². The molecule has 1 amide bonds. The first-order valence-corrected chi connectivity index (χ1v) is 9.83. The van der Waals surface area contributed by atoms with E-state index in [1.165, 1.54) is 19.0 Å². The van der Waals surface area contributed by atoms with E-state index in [2.05, 4.69) is 9.97 Å². The van der Waals surface area contributed by atoms with Crippen LogP contribution >= 0.6 is 0 Å². The summed E-state index contributed by atoms with van der Waals surface area (Å²) in [6.07, 6.45) is 6.99. The Hall–Kier alpha value is -1.70. The van der Waals surface area contributed by atoms with Crippen LogP contribution in [0.15, 0.2) is 11.1 Å². The van der Waals surface area contributed by atoms with Gasteiger partial charge >= 0.3 is 0 Å². The summed E-state index contributed by atoms with van der Waals surface area (Å²) in [5.74, 6) is 0.899. The van der Waals surface area contributed by atoms with Crippen LogP contribution in [0, 0.1) is 6.92 Å². The molecule has 1 aliphatic carbocycles. The number of hydrogen-bond donors (Lipinski definition) is 0. The molecule has 1 saturated heterocycles. The number of carbonyl (C=O) groups excluding carboxylic acids is 1. The smallest absolute Gasteiger partial charge is 0.242 e. The van der Waals surface area contributed by atoms with E-state index < -0.39 is 9.84 Å². The van der Waals surface area contributed by atoms with Gasteiger partial charge in [0.25, 0.3) is 0 Å². The fraction of sp³-hybridized carbons (Fsp3) is 0.667. The van der Waals surface area contributed by atoms with Crippen molar-refractivity contribution in [2.45, 2.75) is 43.5 Å². The zero-order valence-corrected chi connectivity index (χ0v) is 14.3. The van der Waals surface area contributed by atoms with Gasteiger partial charge in [0, 0.05) is 25.4 Å². The lowest BCUT2D eigenvalue weighted by Gasteiger charge is -2.38. The number of aromatic nitrogens is 2. The first-order valence-electron chi connectivity index (χ1n) is 7.94. The number of hydrogen-bond acceptors (Lipinski definition) is 6. The Kier molecular flexibility index (Phi) is 4.27. The number of rotatable bonds is 3. The van der Waals surface area contributed by atoms with Crippen LogP contribution in [0.5, 0.6) is 0 Å². The van der Waals surface area contributed by atoms with Crippen molar-refractivity contribution in [2.75, 3.05) is 30.8 Å². The predicted octanol–water partition coefficient (Wildman–Crippen LogP) is 0.780. The molecule has 2 heterocycles. The van der Waals surface area contributed by atoms with E-state index in [-0.39, 0.29) is 17.3 Å². The van der Waals surface area contributed by atoms with E-state index >= 15 is 0 Å². The van der Waals surface area contributed by atoms with Gasteiger partial charge in [0.1, 0.15) is 10.7 Å². The van der Waals surface area contributed by atoms with Gasteiger partial charge in [0.2, 0.25) is 5.91 Å². The molecule has 7 nitrogen and oxygen atoms in total. The molecule has 126 valence electrons. The van der Waals surface area contributed by atoms with Crippen molar-refractivity contribution in [2.24, 2.45) is 0 Å². The van der Waals surface area contributed by atoms with Crippen molar-refractivity contribution in [3.63, 3.8) is 0 Å². The molecule has 0 unspecified atom stereocenters. The molecule has 1 saturated carbocycles. The highest BCUT2D eigenvalue weighted by molar-refractivity contribution is 7.90. The SMILES string of the molecule is Cc1ncc(S(C)(=O)=O)c(N2CCN(C3CCCC3)C(=O)C2)n1. The molecule has 3 rings (SSSR count). The van der Waals surface area contributed by atoms with Crippen LogP contribution in [-0.4, -0.2) is 61.1 Å². The van der Waals surface area contributed by atoms with Crippen LogP contribution in [0.3, 0.4) is 0 Å². The third kappa shape index (κ3) is 3.31. The maximum Gasteiger partial charge on any atom is 0.242 e. The van der Waals surface area contributed by atoms with Crippen LogP contribution in [0.1, 0.15) is 31.5 Å². The number of anilines is 1. The topological polar surface area (TPSA) is 83.5 Å². The summed E-state index contributed by atoms with van der Waals surface area (Å²) in [6.45, 7) is 3.11. The Morgan fingerprint density at radius 2 is 1.91 bits per heavy atom. The van der Waals surface area contributed by atoms with Crippen molar-refractivity contribution in [1.29, 1.82) is 0 Å². The maximum atomic E-state index is 12.5. The second-order valence-corrected chi connectivity index (χ2v) is 8.31. The lowest BCUT2D eigenvalue weighted by Crippen LogP contribution is -2.54. The van der Waals surface area contributed by atoms with Gasteiger partial charge < -0.3 is 9.80 Å². The summed E-state index contributed by atoms with van der Waals surface area (Å²) in [6, 6.07) is 0.353. The number of amides is 1. The summed E-state index contributed by atoms with van der Waals surface area (Å²) in [5, 5.41) is 0. The first-order chi connectivity index (χ1) is 10.9. The molecule has 23 heavy (non-hydrogen) atoms. The van der Waals surface area contributed by atoms with Gasteiger partial charge in [0.05, 0.1) is 12.7 Å². The number of aryl methyl sites for hydroxylation is 1. The molecule has 0 radical (unpaired) electrons. The van der Waals surface area contributed by atoms with E-state index in [0.29, 0.717) is 30.8 Å². The molecule has 1 aromatic rings. The van der Waals surface area contributed by atoms with Gasteiger partial charge in [-0.3, -0.25) is 4.79 Å². The lowest BCUT2D eigenvalue weighted by molar-refractivity contribution is -0.133. The maximum absolute atomic E-state index is 12.5. The van der Waals surface area contributed by atoms with Crippen molar-refractivity contribution in [1.82, 2.24) is 14.9 Å². The number of carbonyl (C=O) groups is 1. The third-order valence-corrected chi connectivity index (χ3v) is 5.67. The summed E-state index contributed by atoms with van der Waals surface area (Å²) < 4.78 is 23.9. The van der Waals surface area contributed by atoms with E-state index in [1.807, 2.05) is 4.90 Å². The van der Waals surface area contributed by atoms with Crippen LogP contribution in [-0.2, 0) is 14.6 Å². The van der Waals surface area contributed by atoms with E-state index in [0.717, 1.165) is 19.1 Å². The molecule has 0 N–H and O–H groups in total. The fourth-order valence-corrected chi connectivity index (χ4v) is 4.15. The molecule has 0 spiro atoms. The Bertz CT molecular complexity index is 713. The number of nitrogens with zero attached hydrogens (tertiary/aromatic N) is 4. The normalized spacial score (nSPS) is 20.3. The minimum Gasteiger partial charge on any atom is -0.344 e. The molecule has 1 aliphatic heterocycles. The Morgan fingerprint density at radius 3 is 2.52 bits per heavy atom. The zero-order valence-electron chi connectivity index (χ0n) is 13.5. The monoisotopic (exact) mass is 338 g/mol. The summed E-state index contributed by atoms with van der Waals surface area (Å²) in [7, 11) is -3.44. The van der Waals surface area contributed by atoms with Gasteiger partial charge in [-0.25, -0.2) is 18.4 Å². The van der Waals surface area contributed by atoms with Crippen LogP contribution in [0.2, 0.25) is 0 Å². The van der Waals surface area contributed by atoms with Crippen molar-refractivity contribution in [3.05, 3.63) is 12.0 Å². The highest BCUT2D eigenvalue weighted by Gasteiger charge is 2.33. The minimum atomic E-state index is -3.44. The third-order valence-electron chi connectivity index (χ3n) is 4.58. The largest absolute Gasteiger partial charge is 0.344 e. The molecule has 0 aromatic carbocycles. The molecular formula is C15H22N4O3S. The summed E-state index contributed by atoms with van der Waals surface area (Å²) >= 11 is 0. The van der Waals surface area contributed by atoms with Gasteiger partial charge in [-0.1, -0.05) is 12.8 Å². The Morgan fingerprint density at radius 1 is 1.22 bits per heavy atom. The molecule has 8 heteroatoms. The molecule has 2 fully saturated rings. The molecule has 0 atom stereocenters. The van der Waals surface area contributed by atoms with Crippen molar-refractivity contribution in [3.8, 4) is 0 Å². The standard InChI is InChI=1S/C15H22N4O3S/c1-11-16-9-13(23(2,21)22)15(17-11)18-7-8-19(14(20)10-18)12-5-3-4-6-12/h9,12H,3-8,10H2,1-2H3. The molecule has 2 aliphatic rings. The average molecular weight is 338 g/mol. The van der Waals surface area contributed by atoms with Crippen LogP contribution in [0.25, 0.3) is 0 Å². The van der Waals surface area contributed by atoms with E-state index in [4.69, 9.17) is 0 Å². The second-order valence-electron chi connectivity index (χ2n) is 6.32. The van der Waals surface area contributed by atoms with Gasteiger partial charge in [-0.05, 0) is 19.8 Å². The number of piperazine rings is 1. The minimum absolute atomic E-state index is 0.0545. The zero-order chi connectivity index (χ0) is 16.6. The number of sulfone groups is 1. The predicted molar refractivity (Wildman–Crippen MR) is 86.1 cm³/mol. The summed E-state index contributed by atoms with van der Waals surface area (Å²) in [4.78, 5) is 24.6. The van der Waals surface area contributed by atoms with E-state index in [9.17, 15) is 13.2 Å². The molecule has 1 aromatic heterocycles. The quantitative estimate of drug-likeness (QED) is 0.810.